The standard InChI is InChI=1S/C26H28ClN3O2S2/c27-20-6-4-19(5-7-20)26-22-9-16-34-23(22)8-12-30(26)18-25(32)29-11-2-10-28(13-14-29)24(31)17-21-3-1-15-33-21/h1,3-7,9,15-16,26H,2,8,10-14,17-18H2. The Hall–Kier alpha value is -2.19. The highest BCUT2D eigenvalue weighted by atomic mass is 35.5. The topological polar surface area (TPSA) is 43.9 Å². The van der Waals surface area contributed by atoms with Gasteiger partial charge in [0.25, 0.3) is 0 Å². The van der Waals surface area contributed by atoms with Gasteiger partial charge in [-0.1, -0.05) is 29.8 Å². The zero-order valence-electron chi connectivity index (χ0n) is 19.0. The molecule has 0 saturated carbocycles. The average Bonchev–Trinajstić information content (AvgIpc) is 3.46. The molecule has 1 saturated heterocycles. The minimum Gasteiger partial charge on any atom is -0.341 e. The Morgan fingerprint density at radius 1 is 0.882 bits per heavy atom. The van der Waals surface area contributed by atoms with E-state index in [1.807, 2.05) is 39.4 Å². The third kappa shape index (κ3) is 5.23. The Kier molecular flexibility index (Phi) is 7.34. The SMILES string of the molecule is O=C(Cc1cccs1)N1CCCN(C(=O)CN2CCc3sccc3C2c2ccc(Cl)cc2)CC1. The van der Waals surface area contributed by atoms with E-state index in [0.717, 1.165) is 34.8 Å². The molecule has 2 aromatic heterocycles. The van der Waals surface area contributed by atoms with Crippen molar-refractivity contribution in [3.63, 3.8) is 0 Å². The van der Waals surface area contributed by atoms with E-state index in [2.05, 4.69) is 28.5 Å². The van der Waals surface area contributed by atoms with E-state index in [9.17, 15) is 9.59 Å². The van der Waals surface area contributed by atoms with Crippen LogP contribution in [0, 0.1) is 0 Å². The molecule has 0 bridgehead atoms. The van der Waals surface area contributed by atoms with Crippen LogP contribution in [0.25, 0.3) is 0 Å². The zero-order chi connectivity index (χ0) is 23.5. The van der Waals surface area contributed by atoms with Gasteiger partial charge in [0.1, 0.15) is 0 Å². The van der Waals surface area contributed by atoms with Gasteiger partial charge in [0.2, 0.25) is 11.8 Å². The van der Waals surface area contributed by atoms with Crippen molar-refractivity contribution in [1.29, 1.82) is 0 Å². The molecule has 5 rings (SSSR count). The van der Waals surface area contributed by atoms with Crippen LogP contribution in [-0.4, -0.2) is 65.8 Å². The van der Waals surface area contributed by atoms with Crippen molar-refractivity contribution < 1.29 is 9.59 Å². The summed E-state index contributed by atoms with van der Waals surface area (Å²) < 4.78 is 0. The van der Waals surface area contributed by atoms with Crippen molar-refractivity contribution in [2.75, 3.05) is 39.3 Å². The first-order valence-electron chi connectivity index (χ1n) is 11.7. The van der Waals surface area contributed by atoms with Crippen LogP contribution in [-0.2, 0) is 22.4 Å². The van der Waals surface area contributed by atoms with Gasteiger partial charge in [0.15, 0.2) is 0 Å². The van der Waals surface area contributed by atoms with Gasteiger partial charge in [-0.15, -0.1) is 22.7 Å². The van der Waals surface area contributed by atoms with Crippen LogP contribution in [0.4, 0.5) is 0 Å². The highest BCUT2D eigenvalue weighted by Crippen LogP contribution is 2.38. The van der Waals surface area contributed by atoms with Gasteiger partial charge in [0.05, 0.1) is 19.0 Å². The average molecular weight is 514 g/mol. The van der Waals surface area contributed by atoms with E-state index in [0.29, 0.717) is 39.1 Å². The summed E-state index contributed by atoms with van der Waals surface area (Å²) >= 11 is 9.56. The van der Waals surface area contributed by atoms with E-state index in [1.54, 1.807) is 22.7 Å². The van der Waals surface area contributed by atoms with Crippen molar-refractivity contribution in [3.05, 3.63) is 79.1 Å². The summed E-state index contributed by atoms with van der Waals surface area (Å²) in [6, 6.07) is 14.2. The number of hydrogen-bond donors (Lipinski definition) is 0. The van der Waals surface area contributed by atoms with Crippen molar-refractivity contribution >= 4 is 46.1 Å². The lowest BCUT2D eigenvalue weighted by atomic mass is 9.93. The molecule has 34 heavy (non-hydrogen) atoms. The molecule has 1 fully saturated rings. The van der Waals surface area contributed by atoms with E-state index in [4.69, 9.17) is 11.6 Å². The van der Waals surface area contributed by atoms with Gasteiger partial charge in [-0.25, -0.2) is 0 Å². The molecule has 1 unspecified atom stereocenters. The Morgan fingerprint density at radius 2 is 1.65 bits per heavy atom. The molecule has 2 amide bonds. The Labute approximate surface area is 213 Å². The number of benzene rings is 1. The molecule has 5 nitrogen and oxygen atoms in total. The molecule has 2 aliphatic heterocycles. The summed E-state index contributed by atoms with van der Waals surface area (Å²) in [7, 11) is 0. The van der Waals surface area contributed by atoms with Crippen LogP contribution in [0.1, 0.15) is 33.3 Å². The second kappa shape index (κ2) is 10.6. The van der Waals surface area contributed by atoms with Gasteiger partial charge in [-0.2, -0.15) is 0 Å². The fourth-order valence-corrected chi connectivity index (χ4v) is 6.66. The van der Waals surface area contributed by atoms with Crippen molar-refractivity contribution in [2.24, 2.45) is 0 Å². The smallest absolute Gasteiger partial charge is 0.236 e. The molecule has 0 spiro atoms. The summed E-state index contributed by atoms with van der Waals surface area (Å²) in [5.74, 6) is 0.297. The number of nitrogens with zero attached hydrogens (tertiary/aromatic N) is 3. The Bertz CT molecular complexity index is 1130. The third-order valence-corrected chi connectivity index (χ3v) is 8.82. The number of halogens is 1. The molecule has 8 heteroatoms. The lowest BCUT2D eigenvalue weighted by Gasteiger charge is -2.37. The van der Waals surface area contributed by atoms with E-state index in [-0.39, 0.29) is 17.9 Å². The molecule has 2 aliphatic rings. The molecule has 4 heterocycles. The lowest BCUT2D eigenvalue weighted by Crippen LogP contribution is -2.45. The molecule has 1 aromatic carbocycles. The Morgan fingerprint density at radius 3 is 2.38 bits per heavy atom. The van der Waals surface area contributed by atoms with E-state index >= 15 is 0 Å². The van der Waals surface area contributed by atoms with Crippen LogP contribution in [0.2, 0.25) is 5.02 Å². The van der Waals surface area contributed by atoms with Crippen molar-refractivity contribution in [3.8, 4) is 0 Å². The predicted molar refractivity (Wildman–Crippen MR) is 139 cm³/mol. The Balaban J connectivity index is 1.25. The molecular weight excluding hydrogens is 486 g/mol. The molecule has 0 radical (unpaired) electrons. The van der Waals surface area contributed by atoms with E-state index < -0.39 is 0 Å². The summed E-state index contributed by atoms with van der Waals surface area (Å²) in [6.07, 6.45) is 2.23. The second-order valence-electron chi connectivity index (χ2n) is 8.84. The lowest BCUT2D eigenvalue weighted by molar-refractivity contribution is -0.134. The maximum absolute atomic E-state index is 13.4. The number of amides is 2. The number of rotatable bonds is 5. The van der Waals surface area contributed by atoms with Crippen molar-refractivity contribution in [2.45, 2.75) is 25.3 Å². The predicted octanol–water partition coefficient (Wildman–Crippen LogP) is 4.71. The number of carbonyl (C=O) groups is 2. The number of thiophene rings is 2. The largest absolute Gasteiger partial charge is 0.341 e. The first-order chi connectivity index (χ1) is 16.6. The third-order valence-electron chi connectivity index (χ3n) is 6.70. The fraction of sp³-hybridized carbons (Fsp3) is 0.385. The fourth-order valence-electron chi connectivity index (χ4n) is 4.94. The van der Waals surface area contributed by atoms with Gasteiger partial charge in [0, 0.05) is 47.5 Å². The van der Waals surface area contributed by atoms with Crippen LogP contribution >= 0.6 is 34.3 Å². The number of carbonyl (C=O) groups excluding carboxylic acids is 2. The molecule has 0 aliphatic carbocycles. The molecule has 0 N–H and O–H groups in total. The summed E-state index contributed by atoms with van der Waals surface area (Å²) in [5.41, 5.74) is 2.46. The van der Waals surface area contributed by atoms with Gasteiger partial charge in [-0.3, -0.25) is 14.5 Å². The highest BCUT2D eigenvalue weighted by Gasteiger charge is 2.32. The van der Waals surface area contributed by atoms with Crippen LogP contribution in [0.15, 0.2) is 53.2 Å². The quantitative estimate of drug-likeness (QED) is 0.496. The number of fused-ring (bicyclic) bond motifs is 1. The number of hydrogen-bond acceptors (Lipinski definition) is 5. The maximum Gasteiger partial charge on any atom is 0.236 e. The molecule has 1 atom stereocenters. The summed E-state index contributed by atoms with van der Waals surface area (Å²) in [6.45, 7) is 3.84. The normalized spacial score (nSPS) is 19.0. The molecule has 3 aromatic rings. The second-order valence-corrected chi connectivity index (χ2v) is 11.3. The summed E-state index contributed by atoms with van der Waals surface area (Å²) in [5, 5.41) is 4.87. The summed E-state index contributed by atoms with van der Waals surface area (Å²) in [4.78, 5) is 34.8. The van der Waals surface area contributed by atoms with Crippen molar-refractivity contribution in [1.82, 2.24) is 14.7 Å². The highest BCUT2D eigenvalue weighted by molar-refractivity contribution is 7.10. The minimum atomic E-state index is 0.0621. The zero-order valence-corrected chi connectivity index (χ0v) is 21.4. The minimum absolute atomic E-state index is 0.0621. The van der Waals surface area contributed by atoms with Crippen LogP contribution < -0.4 is 0 Å². The first kappa shape index (κ1) is 23.5. The first-order valence-corrected chi connectivity index (χ1v) is 13.9. The van der Waals surface area contributed by atoms with Crippen LogP contribution in [0.3, 0.4) is 0 Å². The molecule has 178 valence electrons. The van der Waals surface area contributed by atoms with Crippen LogP contribution in [0.5, 0.6) is 0 Å². The van der Waals surface area contributed by atoms with Gasteiger partial charge in [-0.05, 0) is 59.0 Å². The monoisotopic (exact) mass is 513 g/mol. The van der Waals surface area contributed by atoms with Gasteiger partial charge < -0.3 is 9.80 Å². The molecular formula is C26H28ClN3O2S2. The van der Waals surface area contributed by atoms with Gasteiger partial charge >= 0.3 is 0 Å². The maximum atomic E-state index is 13.4. The van der Waals surface area contributed by atoms with E-state index in [1.165, 1.54) is 10.4 Å².